The van der Waals surface area contributed by atoms with E-state index in [1.165, 1.54) is 0 Å². The zero-order chi connectivity index (χ0) is 21.2. The highest BCUT2D eigenvalue weighted by Crippen LogP contribution is 2.48. The van der Waals surface area contributed by atoms with Crippen molar-refractivity contribution in [2.24, 2.45) is 5.41 Å². The first-order valence-corrected chi connectivity index (χ1v) is 10.3. The molecule has 0 bridgehead atoms. The number of ether oxygens (including phenoxy) is 2. The molecular weight excluding hydrogens is 366 g/mol. The Hall–Kier alpha value is -2.56. The number of allylic oxidation sites excluding steroid dienone is 3. The quantitative estimate of drug-likeness (QED) is 0.559. The van der Waals surface area contributed by atoms with Crippen LogP contribution in [0.25, 0.3) is 0 Å². The highest BCUT2D eigenvalue weighted by atomic mass is 16.5. The third-order valence-corrected chi connectivity index (χ3v) is 5.64. The van der Waals surface area contributed by atoms with Crippen LogP contribution in [0.1, 0.15) is 64.9 Å². The Labute approximate surface area is 173 Å². The number of unbranched alkanes of at least 4 members (excludes halogenated alkanes) is 1. The zero-order valence-electron chi connectivity index (χ0n) is 18.1. The number of methoxy groups -OCH3 is 1. The molecule has 156 valence electrons. The smallest absolute Gasteiger partial charge is 0.336 e. The SMILES string of the molecule is CCCCOC(=O)C1=C(C)NC2=C(C(=O)CC(C)(C)C2)C1c1ccccc1OC. The fourth-order valence-electron chi connectivity index (χ4n) is 4.31. The molecule has 5 heteroatoms. The van der Waals surface area contributed by atoms with Crippen molar-refractivity contribution < 1.29 is 19.1 Å². The maximum Gasteiger partial charge on any atom is 0.336 e. The zero-order valence-corrected chi connectivity index (χ0v) is 18.1. The van der Waals surface area contributed by atoms with E-state index in [-0.39, 0.29) is 17.2 Å². The minimum absolute atomic E-state index is 0.0750. The predicted molar refractivity (Wildman–Crippen MR) is 112 cm³/mol. The van der Waals surface area contributed by atoms with E-state index in [4.69, 9.17) is 9.47 Å². The third-order valence-electron chi connectivity index (χ3n) is 5.64. The molecular formula is C24H31NO4. The lowest BCUT2D eigenvalue weighted by Gasteiger charge is -2.39. The molecule has 1 aliphatic heterocycles. The summed E-state index contributed by atoms with van der Waals surface area (Å²) in [6, 6.07) is 7.59. The Kier molecular flexibility index (Phi) is 6.15. The summed E-state index contributed by atoms with van der Waals surface area (Å²) in [5.74, 6) is -0.120. The molecule has 0 saturated carbocycles. The first-order valence-electron chi connectivity index (χ1n) is 10.3. The molecule has 1 heterocycles. The lowest BCUT2D eigenvalue weighted by molar-refractivity contribution is -0.139. The maximum atomic E-state index is 13.2. The summed E-state index contributed by atoms with van der Waals surface area (Å²) in [6.45, 7) is 8.51. The van der Waals surface area contributed by atoms with Gasteiger partial charge in [-0.05, 0) is 31.2 Å². The summed E-state index contributed by atoms with van der Waals surface area (Å²) in [7, 11) is 1.61. The monoisotopic (exact) mass is 397 g/mol. The molecule has 3 rings (SSSR count). The summed E-state index contributed by atoms with van der Waals surface area (Å²) in [4.78, 5) is 26.3. The van der Waals surface area contributed by atoms with Gasteiger partial charge in [0.05, 0.1) is 25.2 Å². The van der Waals surface area contributed by atoms with Gasteiger partial charge in [0.2, 0.25) is 0 Å². The number of hydrogen-bond donors (Lipinski definition) is 1. The number of nitrogens with one attached hydrogen (secondary N) is 1. The minimum Gasteiger partial charge on any atom is -0.496 e. The summed E-state index contributed by atoms with van der Waals surface area (Å²) in [6.07, 6.45) is 2.97. The van der Waals surface area contributed by atoms with Crippen molar-refractivity contribution >= 4 is 11.8 Å². The van der Waals surface area contributed by atoms with E-state index >= 15 is 0 Å². The average molecular weight is 398 g/mol. The third kappa shape index (κ3) is 4.24. The van der Waals surface area contributed by atoms with Crippen LogP contribution in [-0.4, -0.2) is 25.5 Å². The number of Topliss-reactive ketones (excluding diaryl/α,β-unsaturated/α-hetero) is 1. The molecule has 0 fully saturated rings. The summed E-state index contributed by atoms with van der Waals surface area (Å²) >= 11 is 0. The van der Waals surface area contributed by atoms with Gasteiger partial charge in [-0.3, -0.25) is 4.79 Å². The molecule has 5 nitrogen and oxygen atoms in total. The van der Waals surface area contributed by atoms with Crippen molar-refractivity contribution in [3.63, 3.8) is 0 Å². The Morgan fingerprint density at radius 3 is 2.66 bits per heavy atom. The van der Waals surface area contributed by atoms with E-state index in [1.807, 2.05) is 31.2 Å². The first kappa shape index (κ1) is 21.2. The minimum atomic E-state index is -0.486. The van der Waals surface area contributed by atoms with Crippen molar-refractivity contribution in [1.29, 1.82) is 0 Å². The van der Waals surface area contributed by atoms with Crippen LogP contribution in [0.15, 0.2) is 46.8 Å². The highest BCUT2D eigenvalue weighted by molar-refractivity contribution is 6.04. The van der Waals surface area contributed by atoms with Gasteiger partial charge in [-0.15, -0.1) is 0 Å². The molecule has 1 N–H and O–H groups in total. The second-order valence-corrected chi connectivity index (χ2v) is 8.66. The standard InChI is InChI=1S/C24H31NO4/c1-6-7-12-29-23(27)20-15(2)25-17-13-24(3,4)14-18(26)22(17)21(20)16-10-8-9-11-19(16)28-5/h8-11,21,25H,6-7,12-14H2,1-5H3. The van der Waals surface area contributed by atoms with Crippen molar-refractivity contribution in [3.8, 4) is 5.75 Å². The van der Waals surface area contributed by atoms with E-state index < -0.39 is 5.92 Å². The van der Waals surface area contributed by atoms with Gasteiger partial charge in [0.1, 0.15) is 5.75 Å². The Bertz CT molecular complexity index is 879. The molecule has 1 aliphatic carbocycles. The van der Waals surface area contributed by atoms with Gasteiger partial charge in [-0.2, -0.15) is 0 Å². The molecule has 0 saturated heterocycles. The number of para-hydroxylation sites is 1. The molecule has 29 heavy (non-hydrogen) atoms. The molecule has 1 atom stereocenters. The number of hydrogen-bond acceptors (Lipinski definition) is 5. The van der Waals surface area contributed by atoms with Gasteiger partial charge in [0.15, 0.2) is 5.78 Å². The number of carbonyl (C=O) groups excluding carboxylic acids is 2. The average Bonchev–Trinajstić information content (AvgIpc) is 2.65. The number of benzene rings is 1. The van der Waals surface area contributed by atoms with E-state index in [0.717, 1.165) is 36.2 Å². The van der Waals surface area contributed by atoms with E-state index in [9.17, 15) is 9.59 Å². The Morgan fingerprint density at radius 2 is 1.97 bits per heavy atom. The molecule has 1 unspecified atom stereocenters. The Balaban J connectivity index is 2.13. The fourth-order valence-corrected chi connectivity index (χ4v) is 4.31. The van der Waals surface area contributed by atoms with Crippen molar-refractivity contribution in [1.82, 2.24) is 5.32 Å². The van der Waals surface area contributed by atoms with Crippen LogP contribution in [0.2, 0.25) is 0 Å². The summed E-state index contributed by atoms with van der Waals surface area (Å²) in [5, 5.41) is 3.36. The molecule has 2 aliphatic rings. The lowest BCUT2D eigenvalue weighted by atomic mass is 9.68. The molecule has 0 spiro atoms. The van der Waals surface area contributed by atoms with Crippen LogP contribution in [0.5, 0.6) is 5.75 Å². The maximum absolute atomic E-state index is 13.2. The fraction of sp³-hybridized carbons (Fsp3) is 0.500. The number of ketones is 1. The van der Waals surface area contributed by atoms with Crippen LogP contribution in [0, 0.1) is 5.41 Å². The van der Waals surface area contributed by atoms with Crippen molar-refractivity contribution in [3.05, 3.63) is 52.4 Å². The van der Waals surface area contributed by atoms with Gasteiger partial charge >= 0.3 is 5.97 Å². The second-order valence-electron chi connectivity index (χ2n) is 8.66. The van der Waals surface area contributed by atoms with Crippen molar-refractivity contribution in [2.75, 3.05) is 13.7 Å². The van der Waals surface area contributed by atoms with E-state index in [1.54, 1.807) is 7.11 Å². The van der Waals surface area contributed by atoms with Gasteiger partial charge < -0.3 is 14.8 Å². The number of esters is 1. The highest BCUT2D eigenvalue weighted by Gasteiger charge is 2.43. The van der Waals surface area contributed by atoms with Crippen molar-refractivity contribution in [2.45, 2.75) is 59.3 Å². The molecule has 1 aromatic carbocycles. The van der Waals surface area contributed by atoms with E-state index in [2.05, 4.69) is 26.1 Å². The van der Waals surface area contributed by atoms with E-state index in [0.29, 0.717) is 29.9 Å². The molecule has 0 amide bonds. The summed E-state index contributed by atoms with van der Waals surface area (Å²) < 4.78 is 11.1. The molecule has 0 radical (unpaired) electrons. The van der Waals surface area contributed by atoms with Crippen LogP contribution in [-0.2, 0) is 14.3 Å². The van der Waals surface area contributed by atoms with Gasteiger partial charge in [0, 0.05) is 29.0 Å². The molecule has 0 aromatic heterocycles. The first-order chi connectivity index (χ1) is 13.8. The number of carbonyl (C=O) groups is 2. The largest absolute Gasteiger partial charge is 0.496 e. The number of dihydropyridines is 1. The lowest BCUT2D eigenvalue weighted by Crippen LogP contribution is -2.38. The normalized spacial score (nSPS) is 20.9. The van der Waals surface area contributed by atoms with Gasteiger partial charge in [-0.25, -0.2) is 4.79 Å². The van der Waals surface area contributed by atoms with Crippen LogP contribution in [0.3, 0.4) is 0 Å². The number of rotatable bonds is 6. The predicted octanol–water partition coefficient (Wildman–Crippen LogP) is 4.64. The van der Waals surface area contributed by atoms with Crippen LogP contribution < -0.4 is 10.1 Å². The molecule has 1 aromatic rings. The van der Waals surface area contributed by atoms with Gasteiger partial charge in [0.25, 0.3) is 0 Å². The topological polar surface area (TPSA) is 64.6 Å². The van der Waals surface area contributed by atoms with Crippen LogP contribution >= 0.6 is 0 Å². The van der Waals surface area contributed by atoms with Gasteiger partial charge in [-0.1, -0.05) is 45.4 Å². The van der Waals surface area contributed by atoms with Crippen LogP contribution in [0.4, 0.5) is 0 Å². The second kappa shape index (κ2) is 8.44. The summed E-state index contributed by atoms with van der Waals surface area (Å²) in [5.41, 5.74) is 3.52. The Morgan fingerprint density at radius 1 is 1.24 bits per heavy atom.